The van der Waals surface area contributed by atoms with Crippen LogP contribution in [-0.2, 0) is 4.79 Å². The number of carbonyl (C=O) groups is 2. The Balaban J connectivity index is 2.06. The zero-order chi connectivity index (χ0) is 14.0. The van der Waals surface area contributed by atoms with Crippen LogP contribution in [0.25, 0.3) is 0 Å². The molecule has 5 nitrogen and oxygen atoms in total. The van der Waals surface area contributed by atoms with Gasteiger partial charge in [0.15, 0.2) is 0 Å². The summed E-state index contributed by atoms with van der Waals surface area (Å²) in [5.41, 5.74) is 1.75. The third kappa shape index (κ3) is 2.70. The SMILES string of the molecule is Cc1ccccc1NC(=O)N1CCC(C(=O)O)C1C. The number of likely N-dealkylation sites (tertiary alicyclic amines) is 1. The second kappa shape index (κ2) is 5.30. The third-order valence-electron chi connectivity index (χ3n) is 3.72. The van der Waals surface area contributed by atoms with Gasteiger partial charge in [0, 0.05) is 18.3 Å². The second-order valence-corrected chi connectivity index (χ2v) is 4.91. The Morgan fingerprint density at radius 3 is 2.63 bits per heavy atom. The average Bonchev–Trinajstić information content (AvgIpc) is 2.74. The lowest BCUT2D eigenvalue weighted by molar-refractivity contribution is -0.142. The van der Waals surface area contributed by atoms with Crippen molar-refractivity contribution in [3.8, 4) is 0 Å². The second-order valence-electron chi connectivity index (χ2n) is 4.91. The van der Waals surface area contributed by atoms with E-state index in [9.17, 15) is 9.59 Å². The van der Waals surface area contributed by atoms with E-state index in [2.05, 4.69) is 5.32 Å². The number of aliphatic carboxylic acids is 1. The number of carboxylic acids is 1. The van der Waals surface area contributed by atoms with Crippen molar-refractivity contribution in [3.63, 3.8) is 0 Å². The highest BCUT2D eigenvalue weighted by atomic mass is 16.4. The fourth-order valence-corrected chi connectivity index (χ4v) is 2.46. The minimum absolute atomic E-state index is 0.231. The minimum atomic E-state index is -0.835. The molecule has 1 fully saturated rings. The number of carbonyl (C=O) groups excluding carboxylic acids is 1. The van der Waals surface area contributed by atoms with Crippen molar-refractivity contribution in [1.29, 1.82) is 0 Å². The van der Waals surface area contributed by atoms with Crippen molar-refractivity contribution >= 4 is 17.7 Å². The van der Waals surface area contributed by atoms with Crippen LogP contribution in [0.5, 0.6) is 0 Å². The summed E-state index contributed by atoms with van der Waals surface area (Å²) in [5, 5.41) is 11.9. The van der Waals surface area contributed by atoms with Crippen molar-refractivity contribution in [3.05, 3.63) is 29.8 Å². The zero-order valence-corrected chi connectivity index (χ0v) is 11.1. The van der Waals surface area contributed by atoms with Crippen LogP contribution in [0.4, 0.5) is 10.5 Å². The van der Waals surface area contributed by atoms with Gasteiger partial charge in [-0.2, -0.15) is 0 Å². The molecule has 19 heavy (non-hydrogen) atoms. The molecule has 1 saturated heterocycles. The van der Waals surface area contributed by atoms with Gasteiger partial charge in [0.2, 0.25) is 0 Å². The number of nitrogens with zero attached hydrogens (tertiary/aromatic N) is 1. The number of hydrogen-bond acceptors (Lipinski definition) is 2. The standard InChI is InChI=1S/C14H18N2O3/c1-9-5-3-4-6-12(9)15-14(19)16-8-7-11(10(16)2)13(17)18/h3-6,10-11H,7-8H2,1-2H3,(H,15,19)(H,17,18). The van der Waals surface area contributed by atoms with Gasteiger partial charge in [-0.3, -0.25) is 4.79 Å². The summed E-state index contributed by atoms with van der Waals surface area (Å²) >= 11 is 0. The Bertz CT molecular complexity index is 501. The number of para-hydroxylation sites is 1. The van der Waals surface area contributed by atoms with Crippen LogP contribution in [0.15, 0.2) is 24.3 Å². The minimum Gasteiger partial charge on any atom is -0.481 e. The average molecular weight is 262 g/mol. The molecular formula is C14H18N2O3. The Labute approximate surface area is 112 Å². The highest BCUT2D eigenvalue weighted by Crippen LogP contribution is 2.25. The molecule has 0 aliphatic carbocycles. The molecule has 102 valence electrons. The zero-order valence-electron chi connectivity index (χ0n) is 11.1. The fraction of sp³-hybridized carbons (Fsp3) is 0.429. The normalized spacial score (nSPS) is 22.3. The van der Waals surface area contributed by atoms with E-state index in [-0.39, 0.29) is 12.1 Å². The molecule has 2 amide bonds. The molecular weight excluding hydrogens is 244 g/mol. The van der Waals surface area contributed by atoms with Gasteiger partial charge in [-0.25, -0.2) is 4.79 Å². The topological polar surface area (TPSA) is 69.6 Å². The van der Waals surface area contributed by atoms with Crippen LogP contribution < -0.4 is 5.32 Å². The third-order valence-corrected chi connectivity index (χ3v) is 3.72. The Morgan fingerprint density at radius 2 is 2.05 bits per heavy atom. The number of hydrogen-bond donors (Lipinski definition) is 2. The molecule has 0 radical (unpaired) electrons. The summed E-state index contributed by atoms with van der Waals surface area (Å²) in [7, 11) is 0. The van der Waals surface area contributed by atoms with Crippen molar-refractivity contribution in [2.45, 2.75) is 26.3 Å². The lowest BCUT2D eigenvalue weighted by Gasteiger charge is -2.24. The van der Waals surface area contributed by atoms with Crippen LogP contribution in [0.3, 0.4) is 0 Å². The van der Waals surface area contributed by atoms with E-state index in [1.165, 1.54) is 0 Å². The van der Waals surface area contributed by atoms with Gasteiger partial charge in [-0.15, -0.1) is 0 Å². The number of rotatable bonds is 2. The summed E-state index contributed by atoms with van der Waals surface area (Å²) in [5.74, 6) is -1.30. The predicted octanol–water partition coefficient (Wildman–Crippen LogP) is 2.32. The molecule has 5 heteroatoms. The van der Waals surface area contributed by atoms with Gasteiger partial charge in [0.25, 0.3) is 0 Å². The van der Waals surface area contributed by atoms with E-state index in [0.717, 1.165) is 11.3 Å². The van der Waals surface area contributed by atoms with Crippen LogP contribution in [-0.4, -0.2) is 34.6 Å². The van der Waals surface area contributed by atoms with Crippen molar-refractivity contribution < 1.29 is 14.7 Å². The van der Waals surface area contributed by atoms with Gasteiger partial charge in [-0.1, -0.05) is 18.2 Å². The largest absolute Gasteiger partial charge is 0.481 e. The molecule has 1 aromatic carbocycles. The number of benzene rings is 1. The molecule has 1 aromatic rings. The van der Waals surface area contributed by atoms with Gasteiger partial charge in [-0.05, 0) is 31.9 Å². The molecule has 1 aliphatic rings. The summed E-state index contributed by atoms with van der Waals surface area (Å²) in [6.07, 6.45) is 0.512. The van der Waals surface area contributed by atoms with Crippen molar-refractivity contribution in [1.82, 2.24) is 4.90 Å². The number of nitrogens with one attached hydrogen (secondary N) is 1. The number of anilines is 1. The van der Waals surface area contributed by atoms with Gasteiger partial charge < -0.3 is 15.3 Å². The smallest absolute Gasteiger partial charge is 0.322 e. The summed E-state index contributed by atoms with van der Waals surface area (Å²) < 4.78 is 0. The predicted molar refractivity (Wildman–Crippen MR) is 72.1 cm³/mol. The maximum Gasteiger partial charge on any atom is 0.322 e. The lowest BCUT2D eigenvalue weighted by atomic mass is 10.0. The number of carboxylic acid groups (broad SMARTS) is 1. The first-order valence-corrected chi connectivity index (χ1v) is 6.36. The Hall–Kier alpha value is -2.04. The first kappa shape index (κ1) is 13.4. The summed E-state index contributed by atoms with van der Waals surface area (Å²) in [6, 6.07) is 7.01. The van der Waals surface area contributed by atoms with E-state index in [0.29, 0.717) is 13.0 Å². The van der Waals surface area contributed by atoms with Crippen molar-refractivity contribution in [2.75, 3.05) is 11.9 Å². The molecule has 2 atom stereocenters. The van der Waals surface area contributed by atoms with E-state index in [4.69, 9.17) is 5.11 Å². The number of aryl methyl sites for hydroxylation is 1. The summed E-state index contributed by atoms with van der Waals surface area (Å²) in [6.45, 7) is 4.18. The van der Waals surface area contributed by atoms with Gasteiger partial charge >= 0.3 is 12.0 Å². The van der Waals surface area contributed by atoms with Crippen LogP contribution >= 0.6 is 0 Å². The van der Waals surface area contributed by atoms with E-state index < -0.39 is 11.9 Å². The molecule has 0 saturated carbocycles. The fourth-order valence-electron chi connectivity index (χ4n) is 2.46. The highest BCUT2D eigenvalue weighted by Gasteiger charge is 2.38. The van der Waals surface area contributed by atoms with Crippen molar-refractivity contribution in [2.24, 2.45) is 5.92 Å². The number of amides is 2. The molecule has 0 spiro atoms. The number of urea groups is 1. The van der Waals surface area contributed by atoms with Gasteiger partial charge in [0.1, 0.15) is 0 Å². The molecule has 2 unspecified atom stereocenters. The monoisotopic (exact) mass is 262 g/mol. The van der Waals surface area contributed by atoms with E-state index in [1.807, 2.05) is 31.2 Å². The Kier molecular flexibility index (Phi) is 3.74. The molecule has 0 bridgehead atoms. The molecule has 1 heterocycles. The summed E-state index contributed by atoms with van der Waals surface area (Å²) in [4.78, 5) is 24.8. The molecule has 0 aromatic heterocycles. The lowest BCUT2D eigenvalue weighted by Crippen LogP contribution is -2.40. The highest BCUT2D eigenvalue weighted by molar-refractivity contribution is 5.91. The van der Waals surface area contributed by atoms with Gasteiger partial charge in [0.05, 0.1) is 5.92 Å². The quantitative estimate of drug-likeness (QED) is 0.859. The maximum atomic E-state index is 12.2. The first-order valence-electron chi connectivity index (χ1n) is 6.36. The molecule has 2 rings (SSSR count). The van der Waals surface area contributed by atoms with Crippen LogP contribution in [0.1, 0.15) is 18.9 Å². The van der Waals surface area contributed by atoms with Crippen LogP contribution in [0.2, 0.25) is 0 Å². The Morgan fingerprint density at radius 1 is 1.37 bits per heavy atom. The maximum absolute atomic E-state index is 12.2. The molecule has 1 aliphatic heterocycles. The molecule has 2 N–H and O–H groups in total. The van der Waals surface area contributed by atoms with Crippen LogP contribution in [0, 0.1) is 12.8 Å². The van der Waals surface area contributed by atoms with E-state index in [1.54, 1.807) is 11.8 Å². The first-order chi connectivity index (χ1) is 9.00. The van der Waals surface area contributed by atoms with E-state index >= 15 is 0 Å².